The predicted octanol–water partition coefficient (Wildman–Crippen LogP) is 0.828. The molecule has 0 spiro atoms. The molecule has 2 aromatic rings. The van der Waals surface area contributed by atoms with Crippen LogP contribution in [0.4, 0.5) is 17.6 Å². The van der Waals surface area contributed by atoms with Crippen molar-refractivity contribution in [3.63, 3.8) is 0 Å². The number of anilines is 3. The van der Waals surface area contributed by atoms with Gasteiger partial charge in [-0.05, 0) is 15.9 Å². The fourth-order valence-electron chi connectivity index (χ4n) is 2.33. The van der Waals surface area contributed by atoms with Crippen molar-refractivity contribution in [3.8, 4) is 0 Å². The molecular formula is C12H17BrN8. The number of hydrogen-bond donors (Lipinski definition) is 2. The van der Waals surface area contributed by atoms with Gasteiger partial charge in [0.25, 0.3) is 0 Å². The lowest BCUT2D eigenvalue weighted by Crippen LogP contribution is -2.47. The highest BCUT2D eigenvalue weighted by atomic mass is 79.9. The molecule has 1 aliphatic heterocycles. The van der Waals surface area contributed by atoms with Gasteiger partial charge in [0.05, 0.1) is 0 Å². The lowest BCUT2D eigenvalue weighted by molar-refractivity contribution is 0.633. The summed E-state index contributed by atoms with van der Waals surface area (Å²) < 4.78 is 0.649. The fourth-order valence-corrected chi connectivity index (χ4v) is 2.58. The quantitative estimate of drug-likeness (QED) is 0.843. The Morgan fingerprint density at radius 3 is 2.52 bits per heavy atom. The number of nitrogen functional groups attached to an aromatic ring is 1. The van der Waals surface area contributed by atoms with Gasteiger partial charge in [-0.1, -0.05) is 6.92 Å². The topological polar surface area (TPSA) is 99.8 Å². The number of nitrogens with one attached hydrogen (secondary N) is 1. The van der Waals surface area contributed by atoms with Crippen molar-refractivity contribution in [2.45, 2.75) is 13.3 Å². The molecule has 1 fully saturated rings. The van der Waals surface area contributed by atoms with Crippen LogP contribution in [0.5, 0.6) is 0 Å². The van der Waals surface area contributed by atoms with Gasteiger partial charge in [-0.15, -0.1) is 5.10 Å². The van der Waals surface area contributed by atoms with E-state index in [1.165, 1.54) is 0 Å². The SMILES string of the molecule is CCc1nc(N)cc(N2CCN(c3n[nH]c(Br)n3)CC2)n1. The van der Waals surface area contributed by atoms with Gasteiger partial charge in [-0.25, -0.2) is 9.97 Å². The normalized spacial score (nSPS) is 15.5. The summed E-state index contributed by atoms with van der Waals surface area (Å²) in [4.78, 5) is 17.4. The molecule has 3 rings (SSSR count). The molecule has 2 aromatic heterocycles. The zero-order valence-electron chi connectivity index (χ0n) is 11.8. The second-order valence-electron chi connectivity index (χ2n) is 4.82. The number of nitrogens with zero attached hydrogens (tertiary/aromatic N) is 6. The van der Waals surface area contributed by atoms with E-state index in [0.29, 0.717) is 10.6 Å². The zero-order chi connectivity index (χ0) is 14.8. The van der Waals surface area contributed by atoms with Gasteiger partial charge < -0.3 is 15.5 Å². The van der Waals surface area contributed by atoms with E-state index in [-0.39, 0.29) is 0 Å². The summed E-state index contributed by atoms with van der Waals surface area (Å²) in [6, 6.07) is 1.83. The van der Waals surface area contributed by atoms with E-state index in [1.807, 2.05) is 13.0 Å². The highest BCUT2D eigenvalue weighted by Crippen LogP contribution is 2.19. The number of hydrogen-bond acceptors (Lipinski definition) is 7. The largest absolute Gasteiger partial charge is 0.384 e. The summed E-state index contributed by atoms with van der Waals surface area (Å²) in [7, 11) is 0. The van der Waals surface area contributed by atoms with Gasteiger partial charge in [0, 0.05) is 38.7 Å². The van der Waals surface area contributed by atoms with E-state index in [0.717, 1.165) is 50.2 Å². The number of aromatic nitrogens is 5. The van der Waals surface area contributed by atoms with Crippen LogP contribution < -0.4 is 15.5 Å². The van der Waals surface area contributed by atoms with Gasteiger partial charge in [-0.3, -0.25) is 5.10 Å². The first-order chi connectivity index (χ1) is 10.2. The van der Waals surface area contributed by atoms with E-state index in [1.54, 1.807) is 0 Å². The van der Waals surface area contributed by atoms with Crippen LogP contribution >= 0.6 is 15.9 Å². The molecule has 9 heteroatoms. The lowest BCUT2D eigenvalue weighted by Gasteiger charge is -2.34. The first kappa shape index (κ1) is 14.1. The molecule has 21 heavy (non-hydrogen) atoms. The average molecular weight is 353 g/mol. The smallest absolute Gasteiger partial charge is 0.245 e. The predicted molar refractivity (Wildman–Crippen MR) is 84.3 cm³/mol. The Balaban J connectivity index is 1.69. The van der Waals surface area contributed by atoms with Crippen molar-refractivity contribution in [1.82, 2.24) is 25.1 Å². The number of nitrogens with two attached hydrogens (primary N) is 1. The monoisotopic (exact) mass is 352 g/mol. The van der Waals surface area contributed by atoms with Crippen LogP contribution in [0.1, 0.15) is 12.7 Å². The zero-order valence-corrected chi connectivity index (χ0v) is 13.3. The van der Waals surface area contributed by atoms with Crippen molar-refractivity contribution < 1.29 is 0 Å². The molecule has 3 heterocycles. The molecular weight excluding hydrogens is 336 g/mol. The molecule has 112 valence electrons. The van der Waals surface area contributed by atoms with Crippen LogP contribution in [-0.4, -0.2) is 51.3 Å². The van der Waals surface area contributed by atoms with Crippen molar-refractivity contribution in [2.24, 2.45) is 0 Å². The van der Waals surface area contributed by atoms with E-state index < -0.39 is 0 Å². The average Bonchev–Trinajstić information content (AvgIpc) is 2.93. The molecule has 0 atom stereocenters. The van der Waals surface area contributed by atoms with Gasteiger partial charge in [0.2, 0.25) is 5.95 Å². The molecule has 3 N–H and O–H groups in total. The summed E-state index contributed by atoms with van der Waals surface area (Å²) in [5.41, 5.74) is 5.85. The summed E-state index contributed by atoms with van der Waals surface area (Å²) >= 11 is 3.27. The Morgan fingerprint density at radius 1 is 1.19 bits per heavy atom. The minimum absolute atomic E-state index is 0.525. The molecule has 8 nitrogen and oxygen atoms in total. The summed E-state index contributed by atoms with van der Waals surface area (Å²) in [6.45, 7) is 5.42. The number of halogens is 1. The number of aromatic amines is 1. The van der Waals surface area contributed by atoms with E-state index >= 15 is 0 Å². The standard InChI is InChI=1S/C12H17BrN8/c1-2-9-15-8(14)7-10(16-9)20-3-5-21(6-4-20)12-17-11(13)18-19-12/h7H,2-6H2,1H3,(H2,14,15,16)(H,17,18,19). The van der Waals surface area contributed by atoms with Crippen molar-refractivity contribution in [1.29, 1.82) is 0 Å². The van der Waals surface area contributed by atoms with Gasteiger partial charge in [0.15, 0.2) is 4.73 Å². The number of piperazine rings is 1. The highest BCUT2D eigenvalue weighted by molar-refractivity contribution is 9.10. The van der Waals surface area contributed by atoms with Crippen molar-refractivity contribution in [3.05, 3.63) is 16.6 Å². The summed E-state index contributed by atoms with van der Waals surface area (Å²) in [5, 5.41) is 6.95. The van der Waals surface area contributed by atoms with Crippen molar-refractivity contribution in [2.75, 3.05) is 41.7 Å². The van der Waals surface area contributed by atoms with E-state index in [4.69, 9.17) is 5.73 Å². The molecule has 0 unspecified atom stereocenters. The Morgan fingerprint density at radius 2 is 1.90 bits per heavy atom. The van der Waals surface area contributed by atoms with Gasteiger partial charge in [0.1, 0.15) is 17.5 Å². The van der Waals surface area contributed by atoms with Gasteiger partial charge >= 0.3 is 0 Å². The number of aryl methyl sites for hydroxylation is 1. The van der Waals surface area contributed by atoms with Crippen LogP contribution in [0.25, 0.3) is 0 Å². The highest BCUT2D eigenvalue weighted by Gasteiger charge is 2.21. The summed E-state index contributed by atoms with van der Waals surface area (Å²) in [6.07, 6.45) is 0.781. The van der Waals surface area contributed by atoms with E-state index in [2.05, 4.69) is 50.9 Å². The minimum Gasteiger partial charge on any atom is -0.384 e. The van der Waals surface area contributed by atoms with Crippen LogP contribution in [0, 0.1) is 0 Å². The lowest BCUT2D eigenvalue weighted by atomic mass is 10.3. The van der Waals surface area contributed by atoms with E-state index in [9.17, 15) is 0 Å². The first-order valence-electron chi connectivity index (χ1n) is 6.87. The Bertz CT molecular complexity index is 619. The molecule has 1 aliphatic rings. The number of H-pyrrole nitrogens is 1. The molecule has 0 aromatic carbocycles. The van der Waals surface area contributed by atoms with Crippen LogP contribution in [0.2, 0.25) is 0 Å². The first-order valence-corrected chi connectivity index (χ1v) is 7.66. The van der Waals surface area contributed by atoms with Crippen LogP contribution in [0.15, 0.2) is 10.8 Å². The minimum atomic E-state index is 0.525. The maximum Gasteiger partial charge on any atom is 0.245 e. The van der Waals surface area contributed by atoms with Gasteiger partial charge in [-0.2, -0.15) is 4.98 Å². The second-order valence-corrected chi connectivity index (χ2v) is 5.57. The maximum absolute atomic E-state index is 5.85. The van der Waals surface area contributed by atoms with Crippen molar-refractivity contribution >= 4 is 33.5 Å². The molecule has 1 saturated heterocycles. The Labute approximate surface area is 130 Å². The molecule has 0 amide bonds. The molecule has 0 bridgehead atoms. The third-order valence-electron chi connectivity index (χ3n) is 3.43. The Kier molecular flexibility index (Phi) is 3.91. The fraction of sp³-hybridized carbons (Fsp3) is 0.500. The second kappa shape index (κ2) is 5.84. The maximum atomic E-state index is 5.85. The molecule has 0 saturated carbocycles. The van der Waals surface area contributed by atoms with Crippen LogP contribution in [0.3, 0.4) is 0 Å². The third-order valence-corrected chi connectivity index (χ3v) is 3.78. The van der Waals surface area contributed by atoms with Crippen LogP contribution in [-0.2, 0) is 6.42 Å². The number of rotatable bonds is 3. The third kappa shape index (κ3) is 3.07. The Hall–Kier alpha value is -1.90. The summed E-state index contributed by atoms with van der Waals surface area (Å²) in [5.74, 6) is 2.93. The molecule has 0 aliphatic carbocycles. The molecule has 0 radical (unpaired) electrons.